The predicted molar refractivity (Wildman–Crippen MR) is 131 cm³/mol. The fourth-order valence-electron chi connectivity index (χ4n) is 3.09. The van der Waals surface area contributed by atoms with Gasteiger partial charge in [-0.25, -0.2) is 9.78 Å². The maximum Gasteiger partial charge on any atom is 0.407 e. The Morgan fingerprint density at radius 2 is 1.74 bits per heavy atom. The standard InChI is InChI=1S/C24H37N5O5/c1-19(2)28-29-22-11-10-20(18-27-22)23(30)25-12-14-32-16-17-33-15-13-26-24(31)34-21-8-6-4-3-5-7-9-21/h3-4,10-11,18,21H,5-9,12-17H2,1-2H3,(H,25,30)(H,26,31)(H,27,29)/b4-3-. The number of allylic oxidation sites excluding steroid dienone is 2. The maximum atomic E-state index is 12.1. The van der Waals surface area contributed by atoms with Gasteiger partial charge in [0.1, 0.15) is 11.9 Å². The van der Waals surface area contributed by atoms with Gasteiger partial charge in [0.2, 0.25) is 0 Å². The number of aromatic nitrogens is 1. The second kappa shape index (κ2) is 16.6. The van der Waals surface area contributed by atoms with Crippen LogP contribution in [0.4, 0.5) is 10.6 Å². The highest BCUT2D eigenvalue weighted by Gasteiger charge is 2.14. The van der Waals surface area contributed by atoms with E-state index >= 15 is 0 Å². The lowest BCUT2D eigenvalue weighted by atomic mass is 10.0. The van der Waals surface area contributed by atoms with Crippen molar-refractivity contribution < 1.29 is 23.8 Å². The van der Waals surface area contributed by atoms with Gasteiger partial charge < -0.3 is 24.8 Å². The lowest BCUT2D eigenvalue weighted by molar-refractivity contribution is 0.0468. The second-order valence-electron chi connectivity index (χ2n) is 8.02. The lowest BCUT2D eigenvalue weighted by Gasteiger charge is -2.18. The number of hydrogen-bond acceptors (Lipinski definition) is 8. The lowest BCUT2D eigenvalue weighted by Crippen LogP contribution is -2.32. The zero-order valence-corrected chi connectivity index (χ0v) is 20.2. The highest BCUT2D eigenvalue weighted by Crippen LogP contribution is 2.15. The van der Waals surface area contributed by atoms with Crippen LogP contribution in [-0.4, -0.2) is 68.3 Å². The summed E-state index contributed by atoms with van der Waals surface area (Å²) in [6, 6.07) is 3.37. The first-order valence-corrected chi connectivity index (χ1v) is 11.8. The van der Waals surface area contributed by atoms with Crippen LogP contribution in [0.1, 0.15) is 56.3 Å². The minimum Gasteiger partial charge on any atom is -0.446 e. The van der Waals surface area contributed by atoms with Gasteiger partial charge in [-0.15, -0.1) is 0 Å². The highest BCUT2D eigenvalue weighted by atomic mass is 16.6. The monoisotopic (exact) mass is 475 g/mol. The summed E-state index contributed by atoms with van der Waals surface area (Å²) in [4.78, 5) is 28.1. The van der Waals surface area contributed by atoms with Crippen LogP contribution in [0.15, 0.2) is 35.6 Å². The van der Waals surface area contributed by atoms with Crippen molar-refractivity contribution in [2.45, 2.75) is 52.1 Å². The molecular formula is C24H37N5O5. The van der Waals surface area contributed by atoms with Gasteiger partial charge in [-0.3, -0.25) is 10.2 Å². The number of ether oxygens (including phenoxy) is 3. The SMILES string of the molecule is CC(C)=NNc1ccc(C(=O)NCCOCCOCCNC(=O)OC2CC/C=C\CCC2)cn1. The molecule has 0 radical (unpaired) electrons. The summed E-state index contributed by atoms with van der Waals surface area (Å²) in [7, 11) is 0. The topological polar surface area (TPSA) is 123 Å². The Morgan fingerprint density at radius 1 is 1.00 bits per heavy atom. The van der Waals surface area contributed by atoms with Gasteiger partial charge in [0, 0.05) is 25.0 Å². The molecule has 34 heavy (non-hydrogen) atoms. The molecule has 2 rings (SSSR count). The van der Waals surface area contributed by atoms with Crippen molar-refractivity contribution in [1.82, 2.24) is 15.6 Å². The molecule has 0 fully saturated rings. The molecule has 0 aliphatic heterocycles. The smallest absolute Gasteiger partial charge is 0.407 e. The molecule has 3 N–H and O–H groups in total. The number of pyridine rings is 1. The molecular weight excluding hydrogens is 438 g/mol. The third kappa shape index (κ3) is 12.3. The van der Waals surface area contributed by atoms with Crippen LogP contribution in [0.25, 0.3) is 0 Å². The second-order valence-corrected chi connectivity index (χ2v) is 8.02. The summed E-state index contributed by atoms with van der Waals surface area (Å²) < 4.78 is 16.3. The Bertz CT molecular complexity index is 793. The van der Waals surface area contributed by atoms with Crippen molar-refractivity contribution in [1.29, 1.82) is 0 Å². The Balaban J connectivity index is 1.43. The molecule has 188 valence electrons. The molecule has 10 heteroatoms. The average molecular weight is 476 g/mol. The van der Waals surface area contributed by atoms with Crippen LogP contribution in [0.2, 0.25) is 0 Å². The van der Waals surface area contributed by atoms with Crippen molar-refractivity contribution in [3.8, 4) is 0 Å². The van der Waals surface area contributed by atoms with E-state index in [4.69, 9.17) is 14.2 Å². The van der Waals surface area contributed by atoms with Crippen molar-refractivity contribution in [2.75, 3.05) is 44.9 Å². The van der Waals surface area contributed by atoms with Gasteiger partial charge in [0.05, 0.1) is 32.0 Å². The first-order chi connectivity index (χ1) is 16.5. The van der Waals surface area contributed by atoms with E-state index in [-0.39, 0.29) is 12.0 Å². The first-order valence-electron chi connectivity index (χ1n) is 11.8. The largest absolute Gasteiger partial charge is 0.446 e. The van der Waals surface area contributed by atoms with Crippen LogP contribution in [0, 0.1) is 0 Å². The molecule has 0 saturated heterocycles. The third-order valence-electron chi connectivity index (χ3n) is 4.83. The average Bonchev–Trinajstić information content (AvgIpc) is 2.80. The fraction of sp³-hybridized carbons (Fsp3) is 0.583. The maximum absolute atomic E-state index is 12.1. The number of carbonyl (C=O) groups is 2. The van der Waals surface area contributed by atoms with Crippen LogP contribution < -0.4 is 16.1 Å². The molecule has 10 nitrogen and oxygen atoms in total. The summed E-state index contributed by atoms with van der Waals surface area (Å²) in [5.41, 5.74) is 4.15. The highest BCUT2D eigenvalue weighted by molar-refractivity contribution is 5.94. The number of nitrogens with zero attached hydrogens (tertiary/aromatic N) is 2. The number of nitrogens with one attached hydrogen (secondary N) is 3. The minimum atomic E-state index is -0.393. The number of hydrogen-bond donors (Lipinski definition) is 3. The fourth-order valence-corrected chi connectivity index (χ4v) is 3.09. The van der Waals surface area contributed by atoms with Crippen LogP contribution in [0.3, 0.4) is 0 Å². The number of rotatable bonds is 13. The Labute approximate surface area is 201 Å². The molecule has 1 aromatic rings. The number of hydrazone groups is 1. The molecule has 1 aliphatic carbocycles. The van der Waals surface area contributed by atoms with E-state index in [0.717, 1.165) is 37.8 Å². The van der Waals surface area contributed by atoms with Crippen molar-refractivity contribution in [3.63, 3.8) is 0 Å². The Morgan fingerprint density at radius 3 is 2.44 bits per heavy atom. The molecule has 2 amide bonds. The van der Waals surface area contributed by atoms with Crippen molar-refractivity contribution >= 4 is 23.5 Å². The number of carbonyl (C=O) groups excluding carboxylic acids is 2. The number of amides is 2. The van der Waals surface area contributed by atoms with Crippen molar-refractivity contribution in [2.24, 2.45) is 5.10 Å². The molecule has 0 bridgehead atoms. The van der Waals surface area contributed by atoms with Gasteiger partial charge in [-0.2, -0.15) is 5.10 Å². The molecule has 1 aliphatic rings. The summed E-state index contributed by atoms with van der Waals surface area (Å²) in [6.07, 6.45) is 10.2. The van der Waals surface area contributed by atoms with Gasteiger partial charge in [-0.1, -0.05) is 12.2 Å². The third-order valence-corrected chi connectivity index (χ3v) is 4.83. The van der Waals surface area contributed by atoms with Gasteiger partial charge in [-0.05, 0) is 58.1 Å². The van der Waals surface area contributed by atoms with E-state index in [1.807, 2.05) is 13.8 Å². The van der Waals surface area contributed by atoms with Crippen LogP contribution in [-0.2, 0) is 14.2 Å². The molecule has 1 heterocycles. The van der Waals surface area contributed by atoms with E-state index in [2.05, 4.69) is 38.3 Å². The summed E-state index contributed by atoms with van der Waals surface area (Å²) in [5, 5.41) is 9.54. The van der Waals surface area contributed by atoms with Gasteiger partial charge in [0.25, 0.3) is 5.91 Å². The van der Waals surface area contributed by atoms with Gasteiger partial charge >= 0.3 is 6.09 Å². The zero-order valence-electron chi connectivity index (χ0n) is 20.2. The molecule has 1 atom stereocenters. The molecule has 0 spiro atoms. The quantitative estimate of drug-likeness (QED) is 0.173. The number of anilines is 1. The van der Waals surface area contributed by atoms with E-state index in [9.17, 15) is 9.59 Å². The molecule has 1 aromatic heterocycles. The Kier molecular flexibility index (Phi) is 13.3. The predicted octanol–water partition coefficient (Wildman–Crippen LogP) is 3.27. The van der Waals surface area contributed by atoms with Crippen LogP contribution >= 0.6 is 0 Å². The number of alkyl carbamates (subject to hydrolysis) is 1. The Hall–Kier alpha value is -2.98. The first kappa shape index (κ1) is 27.3. The van der Waals surface area contributed by atoms with E-state index < -0.39 is 6.09 Å². The van der Waals surface area contributed by atoms with E-state index in [0.29, 0.717) is 50.9 Å². The normalized spacial score (nSPS) is 16.5. The van der Waals surface area contributed by atoms with Gasteiger partial charge in [0.15, 0.2) is 0 Å². The zero-order chi connectivity index (χ0) is 24.4. The summed E-state index contributed by atoms with van der Waals surface area (Å²) in [6.45, 7) is 6.05. The van der Waals surface area contributed by atoms with E-state index in [1.54, 1.807) is 12.1 Å². The minimum absolute atomic E-state index is 0.0164. The summed E-state index contributed by atoms with van der Waals surface area (Å²) >= 11 is 0. The molecule has 0 aromatic carbocycles. The summed E-state index contributed by atoms with van der Waals surface area (Å²) in [5.74, 6) is 0.351. The van der Waals surface area contributed by atoms with E-state index in [1.165, 1.54) is 6.20 Å². The molecule has 0 saturated carbocycles. The van der Waals surface area contributed by atoms with Crippen LogP contribution in [0.5, 0.6) is 0 Å². The van der Waals surface area contributed by atoms with Crippen molar-refractivity contribution in [3.05, 3.63) is 36.0 Å². The molecule has 1 unspecified atom stereocenters.